The van der Waals surface area contributed by atoms with E-state index < -0.39 is 0 Å². The Kier molecular flexibility index (Phi) is 5.22. The van der Waals surface area contributed by atoms with Crippen LogP contribution in [0.2, 0.25) is 0 Å². The predicted octanol–water partition coefficient (Wildman–Crippen LogP) is 4.80. The molecule has 0 unspecified atom stereocenters. The van der Waals surface area contributed by atoms with Gasteiger partial charge in [-0.05, 0) is 12.0 Å². The van der Waals surface area contributed by atoms with Gasteiger partial charge in [-0.1, -0.05) is 91.0 Å². The summed E-state index contributed by atoms with van der Waals surface area (Å²) in [6.45, 7) is 3.15. The van der Waals surface area contributed by atoms with E-state index in [4.69, 9.17) is 4.99 Å². The molecule has 1 atom stereocenters. The van der Waals surface area contributed by atoms with E-state index in [2.05, 4.69) is 95.9 Å². The first-order chi connectivity index (χ1) is 12.9. The van der Waals surface area contributed by atoms with Crippen molar-refractivity contribution in [2.75, 3.05) is 13.1 Å². The molecule has 1 aliphatic rings. The van der Waals surface area contributed by atoms with Crippen molar-refractivity contribution in [3.8, 4) is 0 Å². The third-order valence-electron chi connectivity index (χ3n) is 4.90. The molecule has 0 N–H and O–H groups in total. The van der Waals surface area contributed by atoms with Crippen molar-refractivity contribution < 1.29 is 0 Å². The Hall–Kier alpha value is -2.71. The summed E-state index contributed by atoms with van der Waals surface area (Å²) >= 11 is 0. The van der Waals surface area contributed by atoms with Crippen molar-refractivity contribution in [1.82, 2.24) is 4.90 Å². The third kappa shape index (κ3) is 4.09. The highest BCUT2D eigenvalue weighted by Gasteiger charge is 2.23. The van der Waals surface area contributed by atoms with E-state index in [9.17, 15) is 0 Å². The molecule has 2 nitrogen and oxygen atoms in total. The second kappa shape index (κ2) is 8.11. The van der Waals surface area contributed by atoms with E-state index in [1.54, 1.807) is 0 Å². The zero-order chi connectivity index (χ0) is 17.6. The van der Waals surface area contributed by atoms with Crippen molar-refractivity contribution in [3.63, 3.8) is 0 Å². The highest BCUT2D eigenvalue weighted by atomic mass is 15.2. The van der Waals surface area contributed by atoms with Crippen LogP contribution in [0.3, 0.4) is 0 Å². The van der Waals surface area contributed by atoms with Crippen molar-refractivity contribution in [3.05, 3.63) is 108 Å². The molecule has 1 saturated heterocycles. The summed E-state index contributed by atoms with van der Waals surface area (Å²) in [5.74, 6) is 0. The minimum Gasteiger partial charge on any atom is -0.297 e. The molecule has 1 heterocycles. The standard InChI is InChI=1S/C24H24N2/c1-4-10-20(11-5-1)18-26-17-16-23(19-26)25-24(21-12-6-2-7-13-21)22-14-8-3-9-15-22/h1-15,23H,16-19H2/t23-/m0/s1. The minimum absolute atomic E-state index is 0.356. The molecule has 0 saturated carbocycles. The van der Waals surface area contributed by atoms with Crippen LogP contribution < -0.4 is 0 Å². The third-order valence-corrected chi connectivity index (χ3v) is 4.90. The van der Waals surface area contributed by atoms with Gasteiger partial charge < -0.3 is 0 Å². The molecule has 0 bridgehead atoms. The van der Waals surface area contributed by atoms with Crippen LogP contribution in [0.15, 0.2) is 96.0 Å². The SMILES string of the molecule is c1ccc(CN2CC[C@H](N=C(c3ccccc3)c3ccccc3)C2)cc1. The number of likely N-dealkylation sites (tertiary alicyclic amines) is 1. The molecule has 0 aliphatic carbocycles. The molecular formula is C24H24N2. The normalized spacial score (nSPS) is 17.2. The Morgan fingerprint density at radius 2 is 1.31 bits per heavy atom. The van der Waals surface area contributed by atoms with Crippen molar-refractivity contribution in [2.45, 2.75) is 19.0 Å². The molecular weight excluding hydrogens is 316 g/mol. The molecule has 1 fully saturated rings. The lowest BCUT2D eigenvalue weighted by molar-refractivity contribution is 0.327. The molecule has 26 heavy (non-hydrogen) atoms. The van der Waals surface area contributed by atoms with Gasteiger partial charge in [0.25, 0.3) is 0 Å². The van der Waals surface area contributed by atoms with Crippen LogP contribution in [0.4, 0.5) is 0 Å². The van der Waals surface area contributed by atoms with Crippen molar-refractivity contribution in [2.24, 2.45) is 4.99 Å². The molecule has 2 heteroatoms. The van der Waals surface area contributed by atoms with Crippen LogP contribution in [-0.4, -0.2) is 29.7 Å². The highest BCUT2D eigenvalue weighted by Crippen LogP contribution is 2.19. The van der Waals surface area contributed by atoms with E-state index in [-0.39, 0.29) is 0 Å². The predicted molar refractivity (Wildman–Crippen MR) is 109 cm³/mol. The van der Waals surface area contributed by atoms with E-state index in [1.165, 1.54) is 16.7 Å². The van der Waals surface area contributed by atoms with Gasteiger partial charge in [0.2, 0.25) is 0 Å². The van der Waals surface area contributed by atoms with Gasteiger partial charge in [0.1, 0.15) is 0 Å². The Balaban J connectivity index is 1.54. The summed E-state index contributed by atoms with van der Waals surface area (Å²) in [5, 5.41) is 0. The number of benzene rings is 3. The zero-order valence-electron chi connectivity index (χ0n) is 15.0. The highest BCUT2D eigenvalue weighted by molar-refractivity contribution is 6.12. The molecule has 0 aromatic heterocycles. The zero-order valence-corrected chi connectivity index (χ0v) is 15.0. The van der Waals surface area contributed by atoms with Gasteiger partial charge in [-0.25, -0.2) is 0 Å². The van der Waals surface area contributed by atoms with Gasteiger partial charge in [-0.15, -0.1) is 0 Å². The minimum atomic E-state index is 0.356. The largest absolute Gasteiger partial charge is 0.297 e. The quantitative estimate of drug-likeness (QED) is 0.609. The number of aliphatic imine (C=N–C) groups is 1. The Morgan fingerprint density at radius 1 is 0.769 bits per heavy atom. The molecule has 130 valence electrons. The van der Waals surface area contributed by atoms with Gasteiger partial charge in [-0.3, -0.25) is 9.89 Å². The van der Waals surface area contributed by atoms with Gasteiger partial charge in [-0.2, -0.15) is 0 Å². The number of hydrogen-bond donors (Lipinski definition) is 0. The van der Waals surface area contributed by atoms with E-state index in [1.807, 2.05) is 0 Å². The fourth-order valence-electron chi connectivity index (χ4n) is 3.59. The van der Waals surface area contributed by atoms with E-state index in [0.29, 0.717) is 6.04 Å². The molecule has 3 aromatic rings. The Bertz CT molecular complexity index is 800. The first-order valence-corrected chi connectivity index (χ1v) is 9.33. The topological polar surface area (TPSA) is 15.6 Å². The van der Waals surface area contributed by atoms with Crippen LogP contribution in [0, 0.1) is 0 Å². The van der Waals surface area contributed by atoms with Crippen LogP contribution in [0.25, 0.3) is 0 Å². The second-order valence-electron chi connectivity index (χ2n) is 6.87. The average Bonchev–Trinajstić information content (AvgIpc) is 3.15. The molecule has 3 aromatic carbocycles. The lowest BCUT2D eigenvalue weighted by Crippen LogP contribution is -2.21. The fraction of sp³-hybridized carbons (Fsp3) is 0.208. The monoisotopic (exact) mass is 340 g/mol. The first-order valence-electron chi connectivity index (χ1n) is 9.33. The smallest absolute Gasteiger partial charge is 0.0722 e. The maximum atomic E-state index is 5.18. The van der Waals surface area contributed by atoms with Crippen LogP contribution >= 0.6 is 0 Å². The number of rotatable bonds is 5. The van der Waals surface area contributed by atoms with Gasteiger partial charge >= 0.3 is 0 Å². The molecule has 0 spiro atoms. The maximum absolute atomic E-state index is 5.18. The summed E-state index contributed by atoms with van der Waals surface area (Å²) in [7, 11) is 0. The van der Waals surface area contributed by atoms with Crippen molar-refractivity contribution >= 4 is 5.71 Å². The molecule has 4 rings (SSSR count). The number of hydrogen-bond acceptors (Lipinski definition) is 2. The summed E-state index contributed by atoms with van der Waals surface area (Å²) in [5.41, 5.74) is 4.88. The van der Waals surface area contributed by atoms with E-state index >= 15 is 0 Å². The van der Waals surface area contributed by atoms with Gasteiger partial charge in [0, 0.05) is 30.8 Å². The summed E-state index contributed by atoms with van der Waals surface area (Å²) in [6.07, 6.45) is 1.12. The first kappa shape index (κ1) is 16.7. The molecule has 0 amide bonds. The summed E-state index contributed by atoms with van der Waals surface area (Å²) in [6, 6.07) is 32.2. The molecule has 1 aliphatic heterocycles. The fourth-order valence-corrected chi connectivity index (χ4v) is 3.59. The van der Waals surface area contributed by atoms with Crippen LogP contribution in [0.1, 0.15) is 23.1 Å². The summed E-state index contributed by atoms with van der Waals surface area (Å²) < 4.78 is 0. The Morgan fingerprint density at radius 3 is 1.88 bits per heavy atom. The van der Waals surface area contributed by atoms with Crippen LogP contribution in [0.5, 0.6) is 0 Å². The van der Waals surface area contributed by atoms with Crippen molar-refractivity contribution in [1.29, 1.82) is 0 Å². The second-order valence-corrected chi connectivity index (χ2v) is 6.87. The average molecular weight is 340 g/mol. The van der Waals surface area contributed by atoms with Gasteiger partial charge in [0.05, 0.1) is 11.8 Å². The summed E-state index contributed by atoms with van der Waals surface area (Å²) in [4.78, 5) is 7.69. The maximum Gasteiger partial charge on any atom is 0.0722 e. The molecule has 0 radical (unpaired) electrons. The Labute approximate surface area is 155 Å². The lowest BCUT2D eigenvalue weighted by atomic mass is 10.0. The van der Waals surface area contributed by atoms with E-state index in [0.717, 1.165) is 31.8 Å². The van der Waals surface area contributed by atoms with Crippen LogP contribution in [-0.2, 0) is 6.54 Å². The number of nitrogens with zero attached hydrogens (tertiary/aromatic N) is 2. The lowest BCUT2D eigenvalue weighted by Gasteiger charge is -2.15. The van der Waals surface area contributed by atoms with Gasteiger partial charge in [0.15, 0.2) is 0 Å².